The van der Waals surface area contributed by atoms with Crippen LogP contribution in [0.25, 0.3) is 17.2 Å². The minimum Gasteiger partial charge on any atom is -0.398 e. The van der Waals surface area contributed by atoms with Crippen molar-refractivity contribution in [2.45, 2.75) is 47.1 Å². The van der Waals surface area contributed by atoms with Crippen LogP contribution in [0.15, 0.2) is 45.9 Å². The van der Waals surface area contributed by atoms with Gasteiger partial charge < -0.3 is 4.42 Å². The highest BCUT2D eigenvalue weighted by Crippen LogP contribution is 2.38. The second kappa shape index (κ2) is 5.18. The van der Waals surface area contributed by atoms with Crippen molar-refractivity contribution in [2.24, 2.45) is 5.41 Å². The van der Waals surface area contributed by atoms with Gasteiger partial charge in [-0.3, -0.25) is 0 Å². The van der Waals surface area contributed by atoms with Crippen LogP contribution in [0, 0.1) is 5.41 Å². The van der Waals surface area contributed by atoms with Crippen LogP contribution >= 0.6 is 0 Å². The molecule has 2 heteroatoms. The zero-order chi connectivity index (χ0) is 15.0. The molecule has 3 rings (SSSR count). The number of benzene rings is 1. The van der Waals surface area contributed by atoms with E-state index in [1.807, 2.05) is 12.1 Å². The predicted octanol–water partition coefficient (Wildman–Crippen LogP) is 4.89. The quantitative estimate of drug-likeness (QED) is 0.717. The van der Waals surface area contributed by atoms with Crippen LogP contribution in [-0.2, 0) is 6.54 Å². The highest BCUT2D eigenvalue weighted by atomic mass is 16.3. The molecule has 1 aliphatic rings. The molecule has 1 aliphatic carbocycles. The fourth-order valence-corrected chi connectivity index (χ4v) is 3.53. The zero-order valence-corrected chi connectivity index (χ0v) is 13.4. The summed E-state index contributed by atoms with van der Waals surface area (Å²) >= 11 is 0. The smallest absolute Gasteiger partial charge is 0.374 e. The minimum absolute atomic E-state index is 0.341. The van der Waals surface area contributed by atoms with E-state index in [0.717, 1.165) is 24.4 Å². The molecule has 0 spiro atoms. The number of nitrogens with zero attached hydrogens (tertiary/aromatic N) is 1. The van der Waals surface area contributed by atoms with Crippen molar-refractivity contribution in [1.29, 1.82) is 0 Å². The Labute approximate surface area is 126 Å². The molecule has 2 aromatic rings. The molecule has 2 nitrogen and oxygen atoms in total. The van der Waals surface area contributed by atoms with Gasteiger partial charge in [0.25, 0.3) is 5.52 Å². The van der Waals surface area contributed by atoms with Crippen LogP contribution in [-0.4, -0.2) is 0 Å². The van der Waals surface area contributed by atoms with Gasteiger partial charge in [0, 0.05) is 6.07 Å². The summed E-state index contributed by atoms with van der Waals surface area (Å²) in [5.74, 6) is 0.954. The van der Waals surface area contributed by atoms with E-state index < -0.39 is 0 Å². The summed E-state index contributed by atoms with van der Waals surface area (Å²) in [7, 11) is 0. The third-order valence-corrected chi connectivity index (χ3v) is 4.13. The Morgan fingerprint density at radius 1 is 1.24 bits per heavy atom. The summed E-state index contributed by atoms with van der Waals surface area (Å²) in [6.07, 6.45) is 6.82. The molecule has 21 heavy (non-hydrogen) atoms. The van der Waals surface area contributed by atoms with E-state index in [4.69, 9.17) is 4.42 Å². The average Bonchev–Trinajstić information content (AvgIpc) is 2.73. The van der Waals surface area contributed by atoms with E-state index >= 15 is 0 Å². The first-order valence-electron chi connectivity index (χ1n) is 7.78. The van der Waals surface area contributed by atoms with E-state index in [0.29, 0.717) is 5.41 Å². The van der Waals surface area contributed by atoms with Crippen LogP contribution in [0.2, 0.25) is 0 Å². The predicted molar refractivity (Wildman–Crippen MR) is 86.8 cm³/mol. The third-order valence-electron chi connectivity index (χ3n) is 4.13. The molecule has 0 saturated carbocycles. The molecular weight excluding hydrogens is 258 g/mol. The minimum atomic E-state index is 0.341. The molecule has 0 unspecified atom stereocenters. The molecule has 0 aliphatic heterocycles. The van der Waals surface area contributed by atoms with E-state index in [1.165, 1.54) is 23.1 Å². The molecule has 0 fully saturated rings. The Kier molecular flexibility index (Phi) is 3.48. The average molecular weight is 282 g/mol. The largest absolute Gasteiger partial charge is 0.398 e. The SMILES string of the molecule is CC[n+]1c(/C=C2/C=C(C)CC(C)(C)C2)oc2ccccc21. The Balaban J connectivity index is 2.09. The first-order valence-corrected chi connectivity index (χ1v) is 7.78. The summed E-state index contributed by atoms with van der Waals surface area (Å²) in [6, 6.07) is 8.25. The molecule has 0 saturated heterocycles. The van der Waals surface area contributed by atoms with Crippen molar-refractivity contribution in [3.05, 3.63) is 47.4 Å². The van der Waals surface area contributed by atoms with Crippen LogP contribution in [0.4, 0.5) is 0 Å². The number of oxazole rings is 1. The van der Waals surface area contributed by atoms with Crippen molar-refractivity contribution in [3.8, 4) is 0 Å². The molecule has 0 radical (unpaired) electrons. The van der Waals surface area contributed by atoms with Crippen LogP contribution < -0.4 is 4.57 Å². The second-order valence-corrected chi connectivity index (χ2v) is 6.88. The van der Waals surface area contributed by atoms with Crippen LogP contribution in [0.1, 0.15) is 46.4 Å². The zero-order valence-electron chi connectivity index (χ0n) is 13.4. The molecule has 0 amide bonds. The van der Waals surface area contributed by atoms with Gasteiger partial charge in [-0.15, -0.1) is 0 Å². The standard InChI is InChI=1S/C19H24NO/c1-5-20-16-8-6-7-9-17(16)21-18(20)11-15-10-14(2)12-19(3,4)13-15/h6-11H,5,12-13H2,1-4H3/q+1/b15-11-. The maximum absolute atomic E-state index is 6.05. The van der Waals surface area contributed by atoms with Gasteiger partial charge in [0.1, 0.15) is 6.54 Å². The van der Waals surface area contributed by atoms with Crippen molar-refractivity contribution in [1.82, 2.24) is 0 Å². The van der Waals surface area contributed by atoms with E-state index in [-0.39, 0.29) is 0 Å². The maximum Gasteiger partial charge on any atom is 0.374 e. The molecule has 110 valence electrons. The number of fused-ring (bicyclic) bond motifs is 1. The van der Waals surface area contributed by atoms with Gasteiger partial charge in [0.05, 0.1) is 6.08 Å². The first kappa shape index (κ1) is 14.1. The summed E-state index contributed by atoms with van der Waals surface area (Å²) < 4.78 is 8.30. The van der Waals surface area contributed by atoms with E-state index in [1.54, 1.807) is 0 Å². The van der Waals surface area contributed by atoms with Gasteiger partial charge in [-0.05, 0) is 43.7 Å². The highest BCUT2D eigenvalue weighted by molar-refractivity contribution is 5.69. The van der Waals surface area contributed by atoms with Gasteiger partial charge in [-0.25, -0.2) is 0 Å². The third kappa shape index (κ3) is 2.80. The lowest BCUT2D eigenvalue weighted by Crippen LogP contribution is -2.33. The van der Waals surface area contributed by atoms with E-state index in [9.17, 15) is 0 Å². The van der Waals surface area contributed by atoms with Crippen molar-refractivity contribution < 1.29 is 8.98 Å². The first-order chi connectivity index (χ1) is 9.98. The number of allylic oxidation sites excluding steroid dienone is 3. The molecule has 0 bridgehead atoms. The Bertz CT molecular complexity index is 731. The molecular formula is C19H24NO+. The number of aromatic nitrogens is 1. The Hall–Kier alpha value is -1.83. The number of hydrogen-bond acceptors (Lipinski definition) is 1. The second-order valence-electron chi connectivity index (χ2n) is 6.88. The molecule has 1 heterocycles. The van der Waals surface area contributed by atoms with Crippen LogP contribution in [0.5, 0.6) is 0 Å². The molecule has 1 aromatic heterocycles. The van der Waals surface area contributed by atoms with Gasteiger partial charge in [0.15, 0.2) is 0 Å². The summed E-state index contributed by atoms with van der Waals surface area (Å²) in [5, 5.41) is 0. The summed E-state index contributed by atoms with van der Waals surface area (Å²) in [4.78, 5) is 0. The van der Waals surface area contributed by atoms with Crippen molar-refractivity contribution in [3.63, 3.8) is 0 Å². The highest BCUT2D eigenvalue weighted by Gasteiger charge is 2.26. The lowest BCUT2D eigenvalue weighted by atomic mass is 9.75. The van der Waals surface area contributed by atoms with Crippen molar-refractivity contribution in [2.75, 3.05) is 0 Å². The molecule has 0 atom stereocenters. The molecule has 0 N–H and O–H groups in total. The number of rotatable bonds is 2. The Morgan fingerprint density at radius 2 is 2.00 bits per heavy atom. The Morgan fingerprint density at radius 3 is 2.71 bits per heavy atom. The number of hydrogen-bond donors (Lipinski definition) is 0. The molecule has 1 aromatic carbocycles. The topological polar surface area (TPSA) is 17.0 Å². The number of para-hydroxylation sites is 2. The normalized spacial score (nSPS) is 20.0. The van der Waals surface area contributed by atoms with Gasteiger partial charge >= 0.3 is 5.89 Å². The summed E-state index contributed by atoms with van der Waals surface area (Å²) in [6.45, 7) is 9.98. The van der Waals surface area contributed by atoms with Crippen molar-refractivity contribution >= 4 is 17.2 Å². The lowest BCUT2D eigenvalue weighted by Gasteiger charge is -2.29. The monoisotopic (exact) mass is 282 g/mol. The number of aryl methyl sites for hydroxylation is 1. The summed E-state index contributed by atoms with van der Waals surface area (Å²) in [5.41, 5.74) is 5.29. The van der Waals surface area contributed by atoms with Crippen LogP contribution in [0.3, 0.4) is 0 Å². The van der Waals surface area contributed by atoms with Gasteiger partial charge in [-0.1, -0.05) is 37.6 Å². The van der Waals surface area contributed by atoms with Gasteiger partial charge in [0.2, 0.25) is 5.58 Å². The maximum atomic E-state index is 6.05. The fourth-order valence-electron chi connectivity index (χ4n) is 3.53. The van der Waals surface area contributed by atoms with E-state index in [2.05, 4.69) is 56.5 Å². The fraction of sp³-hybridized carbons (Fsp3) is 0.421. The van der Waals surface area contributed by atoms with Gasteiger partial charge in [-0.2, -0.15) is 4.57 Å². The lowest BCUT2D eigenvalue weighted by molar-refractivity contribution is -0.674.